The van der Waals surface area contributed by atoms with E-state index in [1.165, 1.54) is 7.11 Å². The molecule has 0 bridgehead atoms. The number of hydrogen-bond donors (Lipinski definition) is 2. The number of rotatable bonds is 9. The number of para-hydroxylation sites is 1. The van der Waals surface area contributed by atoms with Crippen LogP contribution in [0.5, 0.6) is 0 Å². The van der Waals surface area contributed by atoms with Gasteiger partial charge >= 0.3 is 5.97 Å². The molecule has 2 rings (SSSR count). The Morgan fingerprint density at radius 1 is 1.11 bits per heavy atom. The van der Waals surface area contributed by atoms with Gasteiger partial charge in [-0.3, -0.25) is 9.59 Å². The summed E-state index contributed by atoms with van der Waals surface area (Å²) in [6, 6.07) is 13.5. The van der Waals surface area contributed by atoms with Gasteiger partial charge in [-0.25, -0.2) is 0 Å². The number of benzene rings is 2. The number of anilines is 2. The third kappa shape index (κ3) is 6.90. The van der Waals surface area contributed by atoms with Crippen LogP contribution in [0.25, 0.3) is 0 Å². The number of alkyl halides is 2. The second-order valence-electron chi connectivity index (χ2n) is 5.51. The smallest absolute Gasteiger partial charge is 0.305 e. The highest BCUT2D eigenvalue weighted by Gasteiger charge is 2.11. The number of carbonyl (C=O) groups is 2. The number of halogens is 2. The zero-order chi connectivity index (χ0) is 19.6. The fraction of sp³-hybridized carbons (Fsp3) is 0.263. The summed E-state index contributed by atoms with van der Waals surface area (Å²) in [7, 11) is 1.32. The van der Waals surface area contributed by atoms with Gasteiger partial charge in [0.2, 0.25) is 0 Å². The molecular weight excluding hydrogens is 374 g/mol. The lowest BCUT2D eigenvalue weighted by atomic mass is 10.1. The molecule has 27 heavy (non-hydrogen) atoms. The highest BCUT2D eigenvalue weighted by molar-refractivity contribution is 7.99. The van der Waals surface area contributed by atoms with E-state index in [4.69, 9.17) is 0 Å². The van der Waals surface area contributed by atoms with E-state index in [-0.39, 0.29) is 18.3 Å². The van der Waals surface area contributed by atoms with Crippen molar-refractivity contribution in [2.24, 2.45) is 0 Å². The Hall–Kier alpha value is -2.61. The third-order valence-corrected chi connectivity index (χ3v) is 4.32. The van der Waals surface area contributed by atoms with Gasteiger partial charge in [0.15, 0.2) is 0 Å². The van der Waals surface area contributed by atoms with Crippen LogP contribution in [0.2, 0.25) is 0 Å². The van der Waals surface area contributed by atoms with E-state index >= 15 is 0 Å². The topological polar surface area (TPSA) is 67.4 Å². The molecule has 8 heteroatoms. The molecule has 0 saturated carbocycles. The maximum absolute atomic E-state index is 12.4. The highest BCUT2D eigenvalue weighted by Crippen LogP contribution is 2.27. The number of nitrogens with one attached hydrogen (secondary N) is 2. The van der Waals surface area contributed by atoms with Gasteiger partial charge in [-0.1, -0.05) is 23.9 Å². The van der Waals surface area contributed by atoms with Gasteiger partial charge in [0.1, 0.15) is 0 Å². The van der Waals surface area contributed by atoms with Gasteiger partial charge in [0, 0.05) is 23.5 Å². The van der Waals surface area contributed by atoms with Crippen LogP contribution >= 0.6 is 11.8 Å². The molecule has 0 aliphatic heterocycles. The molecule has 0 fully saturated rings. The van der Waals surface area contributed by atoms with Crippen molar-refractivity contribution in [1.82, 2.24) is 5.32 Å². The lowest BCUT2D eigenvalue weighted by Gasteiger charge is -2.12. The Morgan fingerprint density at radius 3 is 2.48 bits per heavy atom. The minimum absolute atomic E-state index is 0.236. The van der Waals surface area contributed by atoms with Crippen molar-refractivity contribution in [3.8, 4) is 0 Å². The molecule has 0 spiro atoms. The molecule has 0 aliphatic carbocycles. The molecule has 0 saturated heterocycles. The van der Waals surface area contributed by atoms with E-state index in [1.54, 1.807) is 48.5 Å². The molecular formula is C19H20F2N2O3S. The number of thioether (sulfide) groups is 1. The van der Waals surface area contributed by atoms with Crippen molar-refractivity contribution in [1.29, 1.82) is 0 Å². The largest absolute Gasteiger partial charge is 0.469 e. The summed E-state index contributed by atoms with van der Waals surface area (Å²) < 4.78 is 29.3. The Morgan fingerprint density at radius 2 is 1.81 bits per heavy atom. The average Bonchev–Trinajstić information content (AvgIpc) is 2.66. The second-order valence-corrected chi connectivity index (χ2v) is 6.57. The highest BCUT2D eigenvalue weighted by atomic mass is 32.2. The average molecular weight is 394 g/mol. The van der Waals surface area contributed by atoms with Crippen LogP contribution in [0.3, 0.4) is 0 Å². The van der Waals surface area contributed by atoms with Crippen LogP contribution in [0.15, 0.2) is 53.4 Å². The van der Waals surface area contributed by atoms with Gasteiger partial charge in [-0.05, 0) is 42.8 Å². The maximum Gasteiger partial charge on any atom is 0.305 e. The lowest BCUT2D eigenvalue weighted by Crippen LogP contribution is -2.25. The minimum Gasteiger partial charge on any atom is -0.469 e. The van der Waals surface area contributed by atoms with E-state index < -0.39 is 5.76 Å². The van der Waals surface area contributed by atoms with Crippen LogP contribution in [0.4, 0.5) is 20.2 Å². The molecule has 0 heterocycles. The molecule has 144 valence electrons. The van der Waals surface area contributed by atoms with Gasteiger partial charge in [0.25, 0.3) is 11.7 Å². The van der Waals surface area contributed by atoms with E-state index in [2.05, 4.69) is 15.4 Å². The molecule has 2 aromatic carbocycles. The molecule has 0 atom stereocenters. The standard InChI is InChI=1S/C19H20F2N2O3S/c1-26-17(24)7-4-12-22-18(25)15-5-2-3-6-16(15)23-13-8-10-14(11-9-13)27-19(20)21/h2-3,5-6,8-11,19,23H,4,7,12H2,1H3,(H,22,25). The van der Waals surface area contributed by atoms with Crippen molar-refractivity contribution in [3.63, 3.8) is 0 Å². The molecule has 2 aromatic rings. The van der Waals surface area contributed by atoms with Crippen molar-refractivity contribution >= 4 is 35.0 Å². The molecule has 2 N–H and O–H groups in total. The summed E-state index contributed by atoms with van der Waals surface area (Å²) in [6.45, 7) is 0.349. The number of ether oxygens (including phenoxy) is 1. The van der Waals surface area contributed by atoms with Gasteiger partial charge < -0.3 is 15.4 Å². The van der Waals surface area contributed by atoms with Crippen LogP contribution in [-0.2, 0) is 9.53 Å². The van der Waals surface area contributed by atoms with Crippen molar-refractivity contribution in [2.45, 2.75) is 23.5 Å². The summed E-state index contributed by atoms with van der Waals surface area (Å²) in [5, 5.41) is 5.88. The van der Waals surface area contributed by atoms with E-state index in [1.807, 2.05) is 0 Å². The van der Waals surface area contributed by atoms with Gasteiger partial charge in [-0.15, -0.1) is 0 Å². The normalized spacial score (nSPS) is 10.5. The Balaban J connectivity index is 1.98. The van der Waals surface area contributed by atoms with Crippen molar-refractivity contribution < 1.29 is 23.1 Å². The molecule has 0 aromatic heterocycles. The van der Waals surface area contributed by atoms with Crippen LogP contribution in [0, 0.1) is 0 Å². The fourth-order valence-corrected chi connectivity index (χ4v) is 2.80. The number of hydrogen-bond acceptors (Lipinski definition) is 5. The molecule has 1 amide bonds. The first-order valence-corrected chi connectivity index (χ1v) is 9.13. The quantitative estimate of drug-likeness (QED) is 0.374. The van der Waals surface area contributed by atoms with Gasteiger partial charge in [0.05, 0.1) is 18.4 Å². The maximum atomic E-state index is 12.4. The zero-order valence-corrected chi connectivity index (χ0v) is 15.5. The van der Waals surface area contributed by atoms with E-state index in [0.29, 0.717) is 46.6 Å². The first-order chi connectivity index (χ1) is 13.0. The lowest BCUT2D eigenvalue weighted by molar-refractivity contribution is -0.140. The molecule has 0 unspecified atom stereocenters. The number of amides is 1. The molecule has 5 nitrogen and oxygen atoms in total. The van der Waals surface area contributed by atoms with E-state index in [9.17, 15) is 18.4 Å². The summed E-state index contributed by atoms with van der Waals surface area (Å²) >= 11 is 0.478. The monoisotopic (exact) mass is 394 g/mol. The summed E-state index contributed by atoms with van der Waals surface area (Å²) in [5.41, 5.74) is 1.72. The first kappa shape index (κ1) is 20.7. The Labute approximate surface area is 160 Å². The molecule has 0 radical (unpaired) electrons. The first-order valence-electron chi connectivity index (χ1n) is 8.25. The third-order valence-electron chi connectivity index (χ3n) is 3.60. The predicted octanol–water partition coefficient (Wildman–Crippen LogP) is 4.43. The number of esters is 1. The molecule has 0 aliphatic rings. The summed E-state index contributed by atoms with van der Waals surface area (Å²) in [6.07, 6.45) is 0.719. The second kappa shape index (κ2) is 10.5. The fourth-order valence-electron chi connectivity index (χ4n) is 2.30. The van der Waals surface area contributed by atoms with Crippen molar-refractivity contribution in [3.05, 3.63) is 54.1 Å². The summed E-state index contributed by atoms with van der Waals surface area (Å²) in [4.78, 5) is 23.9. The van der Waals surface area contributed by atoms with Crippen LogP contribution < -0.4 is 10.6 Å². The van der Waals surface area contributed by atoms with Crippen LogP contribution in [0.1, 0.15) is 23.2 Å². The predicted molar refractivity (Wildman–Crippen MR) is 102 cm³/mol. The minimum atomic E-state index is -2.47. The SMILES string of the molecule is COC(=O)CCCNC(=O)c1ccccc1Nc1ccc(SC(F)F)cc1. The summed E-state index contributed by atoms with van der Waals surface area (Å²) in [5.74, 6) is -3.06. The van der Waals surface area contributed by atoms with Crippen molar-refractivity contribution in [2.75, 3.05) is 19.0 Å². The number of methoxy groups -OCH3 is 1. The Bertz CT molecular complexity index is 770. The van der Waals surface area contributed by atoms with E-state index in [0.717, 1.165) is 0 Å². The van der Waals surface area contributed by atoms with Crippen LogP contribution in [-0.4, -0.2) is 31.3 Å². The zero-order valence-electron chi connectivity index (χ0n) is 14.7. The Kier molecular flexibility index (Phi) is 8.06. The van der Waals surface area contributed by atoms with Gasteiger partial charge in [-0.2, -0.15) is 8.78 Å². The number of carbonyl (C=O) groups excluding carboxylic acids is 2.